The van der Waals surface area contributed by atoms with Crippen LogP contribution in [-0.4, -0.2) is 24.7 Å². The fraction of sp³-hybridized carbons (Fsp3) is 0.944. The molecular weight excluding hydrogens is 262 g/mol. The van der Waals surface area contributed by atoms with E-state index in [1.165, 1.54) is 19.3 Å². The van der Waals surface area contributed by atoms with Crippen LogP contribution in [0.1, 0.15) is 58.8 Å². The van der Waals surface area contributed by atoms with E-state index in [-0.39, 0.29) is 17.0 Å². The smallest absolute Gasteiger partial charge is 0.312 e. The highest BCUT2D eigenvalue weighted by Gasteiger charge is 2.62. The van der Waals surface area contributed by atoms with E-state index in [0.29, 0.717) is 11.8 Å². The zero-order valence-electron chi connectivity index (χ0n) is 13.5. The Labute approximate surface area is 128 Å². The highest BCUT2D eigenvalue weighted by molar-refractivity contribution is 5.79. The quantitative estimate of drug-likeness (QED) is 0.812. The summed E-state index contributed by atoms with van der Waals surface area (Å²) in [6, 6.07) is 0. The van der Waals surface area contributed by atoms with Crippen molar-refractivity contribution in [2.75, 3.05) is 13.1 Å². The lowest BCUT2D eigenvalue weighted by atomic mass is 9.75. The molecule has 5 aliphatic rings. The number of esters is 1. The van der Waals surface area contributed by atoms with Gasteiger partial charge in [-0.15, -0.1) is 0 Å². The molecule has 5 fully saturated rings. The molecule has 0 aromatic rings. The van der Waals surface area contributed by atoms with E-state index in [1.807, 2.05) is 0 Å². The minimum atomic E-state index is -0.298. The highest BCUT2D eigenvalue weighted by atomic mass is 16.6. The number of rotatable bonds is 3. The maximum atomic E-state index is 13.0. The van der Waals surface area contributed by atoms with Crippen molar-refractivity contribution < 1.29 is 9.53 Å². The highest BCUT2D eigenvalue weighted by Crippen LogP contribution is 2.66. The second kappa shape index (κ2) is 4.71. The minimum Gasteiger partial charge on any atom is -0.459 e. The zero-order chi connectivity index (χ0) is 14.7. The molecule has 4 saturated carbocycles. The molecule has 118 valence electrons. The van der Waals surface area contributed by atoms with Crippen molar-refractivity contribution in [3.8, 4) is 0 Å². The topological polar surface area (TPSA) is 38.3 Å². The fourth-order valence-electron chi connectivity index (χ4n) is 6.07. The van der Waals surface area contributed by atoms with Crippen molar-refractivity contribution >= 4 is 5.97 Å². The van der Waals surface area contributed by atoms with Gasteiger partial charge in [0.1, 0.15) is 5.60 Å². The lowest BCUT2D eigenvalue weighted by molar-refractivity contribution is -0.177. The molecule has 3 nitrogen and oxygen atoms in total. The molecule has 3 heteroatoms. The molecule has 0 radical (unpaired) electrons. The molecule has 1 aliphatic heterocycles. The van der Waals surface area contributed by atoms with E-state index in [2.05, 4.69) is 19.2 Å². The Bertz CT molecular complexity index is 424. The first-order valence-corrected chi connectivity index (χ1v) is 8.94. The van der Waals surface area contributed by atoms with Crippen LogP contribution >= 0.6 is 0 Å². The first-order chi connectivity index (χ1) is 9.99. The van der Waals surface area contributed by atoms with Crippen LogP contribution in [0, 0.1) is 29.1 Å². The molecule has 1 heterocycles. The number of ether oxygens (including phenoxy) is 1. The summed E-state index contributed by atoms with van der Waals surface area (Å²) in [4.78, 5) is 13.0. The molecule has 2 atom stereocenters. The molecule has 1 N–H and O–H groups in total. The first-order valence-electron chi connectivity index (χ1n) is 8.94. The van der Waals surface area contributed by atoms with Gasteiger partial charge < -0.3 is 10.1 Å². The predicted molar refractivity (Wildman–Crippen MR) is 81.8 cm³/mol. The Morgan fingerprint density at radius 2 is 1.71 bits per heavy atom. The third-order valence-electron chi connectivity index (χ3n) is 7.07. The SMILES string of the molecule is CC(C)(OC(=O)C12CC3CC(CC1C3)C2)C1CCNCC1. The van der Waals surface area contributed by atoms with Crippen molar-refractivity contribution in [3.05, 3.63) is 0 Å². The zero-order valence-corrected chi connectivity index (χ0v) is 13.5. The van der Waals surface area contributed by atoms with Crippen molar-refractivity contribution in [1.29, 1.82) is 0 Å². The summed E-state index contributed by atoms with van der Waals surface area (Å²) < 4.78 is 6.17. The monoisotopic (exact) mass is 291 g/mol. The summed E-state index contributed by atoms with van der Waals surface area (Å²) in [5.41, 5.74) is -0.383. The van der Waals surface area contributed by atoms with Crippen LogP contribution in [0.2, 0.25) is 0 Å². The molecule has 21 heavy (non-hydrogen) atoms. The molecular formula is C18H29NO2. The van der Waals surface area contributed by atoms with Crippen molar-refractivity contribution in [1.82, 2.24) is 5.32 Å². The summed E-state index contributed by atoms with van der Waals surface area (Å²) in [6.07, 6.45) is 8.45. The number of piperidine rings is 1. The molecule has 5 rings (SSSR count). The molecule has 0 aromatic heterocycles. The van der Waals surface area contributed by atoms with Gasteiger partial charge in [0.2, 0.25) is 0 Å². The lowest BCUT2D eigenvalue weighted by Crippen LogP contribution is -2.46. The molecule has 0 aromatic carbocycles. The number of carbonyl (C=O) groups excluding carboxylic acids is 1. The number of carbonyl (C=O) groups is 1. The Morgan fingerprint density at radius 3 is 2.33 bits per heavy atom. The van der Waals surface area contributed by atoms with Crippen molar-refractivity contribution in [2.24, 2.45) is 29.1 Å². The van der Waals surface area contributed by atoms with Crippen LogP contribution in [0.5, 0.6) is 0 Å². The number of nitrogens with one attached hydrogen (secondary N) is 1. The lowest BCUT2D eigenvalue weighted by Gasteiger charge is -2.40. The first kappa shape index (κ1) is 14.0. The second-order valence-corrected chi connectivity index (χ2v) is 8.72. The number of hydrogen-bond acceptors (Lipinski definition) is 3. The predicted octanol–water partition coefficient (Wildman–Crippen LogP) is 3.13. The van der Waals surface area contributed by atoms with Gasteiger partial charge in [-0.3, -0.25) is 4.79 Å². The summed E-state index contributed by atoms with van der Waals surface area (Å²) in [5.74, 6) is 2.93. The molecule has 4 aliphatic carbocycles. The van der Waals surface area contributed by atoms with Crippen LogP contribution in [0.15, 0.2) is 0 Å². The standard InChI is InChI=1S/C18H29NO2/c1-17(2,14-3-5-19-6-4-14)21-16(20)18-10-12-7-13(11-18)9-15(18)8-12/h12-15,19H,3-11H2,1-2H3. The Morgan fingerprint density at radius 1 is 1.10 bits per heavy atom. The van der Waals surface area contributed by atoms with Crippen molar-refractivity contribution in [2.45, 2.75) is 64.4 Å². The van der Waals surface area contributed by atoms with Gasteiger partial charge in [0.15, 0.2) is 0 Å². The average molecular weight is 291 g/mol. The van der Waals surface area contributed by atoms with E-state index in [9.17, 15) is 4.79 Å². The van der Waals surface area contributed by atoms with E-state index in [1.54, 1.807) is 0 Å². The Kier molecular flexibility index (Phi) is 3.15. The summed E-state index contributed by atoms with van der Waals surface area (Å²) in [6.45, 7) is 6.39. The van der Waals surface area contributed by atoms with E-state index in [0.717, 1.165) is 50.6 Å². The van der Waals surface area contributed by atoms with E-state index >= 15 is 0 Å². The maximum Gasteiger partial charge on any atom is 0.312 e. The normalized spacial score (nSPS) is 42.5. The number of hydrogen-bond donors (Lipinski definition) is 1. The van der Waals surface area contributed by atoms with Gasteiger partial charge in [-0.25, -0.2) is 0 Å². The van der Waals surface area contributed by atoms with Crippen LogP contribution < -0.4 is 5.32 Å². The Hall–Kier alpha value is -0.570. The minimum absolute atomic E-state index is 0.0855. The van der Waals surface area contributed by atoms with Gasteiger partial charge in [-0.2, -0.15) is 0 Å². The van der Waals surface area contributed by atoms with Gasteiger partial charge in [0, 0.05) is 5.92 Å². The van der Waals surface area contributed by atoms with Gasteiger partial charge in [0.25, 0.3) is 0 Å². The molecule has 1 saturated heterocycles. The van der Waals surface area contributed by atoms with Gasteiger partial charge in [-0.1, -0.05) is 0 Å². The molecule has 0 amide bonds. The van der Waals surface area contributed by atoms with Gasteiger partial charge in [-0.05, 0) is 89.6 Å². The third kappa shape index (κ3) is 2.15. The average Bonchev–Trinajstić information content (AvgIpc) is 2.85. The summed E-state index contributed by atoms with van der Waals surface area (Å²) >= 11 is 0. The third-order valence-corrected chi connectivity index (χ3v) is 7.07. The van der Waals surface area contributed by atoms with Crippen molar-refractivity contribution in [3.63, 3.8) is 0 Å². The van der Waals surface area contributed by atoms with Gasteiger partial charge >= 0.3 is 5.97 Å². The summed E-state index contributed by atoms with van der Waals surface area (Å²) in [5, 5.41) is 3.40. The van der Waals surface area contributed by atoms with Gasteiger partial charge in [0.05, 0.1) is 5.41 Å². The van der Waals surface area contributed by atoms with Crippen LogP contribution in [0.25, 0.3) is 0 Å². The second-order valence-electron chi connectivity index (χ2n) is 8.72. The Balaban J connectivity index is 1.48. The van der Waals surface area contributed by atoms with E-state index in [4.69, 9.17) is 4.74 Å². The largest absolute Gasteiger partial charge is 0.459 e. The van der Waals surface area contributed by atoms with E-state index < -0.39 is 0 Å². The van der Waals surface area contributed by atoms with Crippen LogP contribution in [-0.2, 0) is 9.53 Å². The summed E-state index contributed by atoms with van der Waals surface area (Å²) in [7, 11) is 0. The fourth-order valence-corrected chi connectivity index (χ4v) is 6.07. The maximum absolute atomic E-state index is 13.0. The van der Waals surface area contributed by atoms with Crippen LogP contribution in [0.4, 0.5) is 0 Å². The van der Waals surface area contributed by atoms with Crippen LogP contribution in [0.3, 0.4) is 0 Å². The molecule has 4 bridgehead atoms. The molecule has 2 unspecified atom stereocenters. The molecule has 0 spiro atoms.